The molecule has 0 N–H and O–H groups in total. The van der Waals surface area contributed by atoms with Crippen LogP contribution in [0.1, 0.15) is 36.7 Å². The first-order valence-corrected chi connectivity index (χ1v) is 6.29. The van der Waals surface area contributed by atoms with Gasteiger partial charge in [-0.1, -0.05) is 36.9 Å². The lowest BCUT2D eigenvalue weighted by Crippen LogP contribution is -2.23. The molecule has 0 radical (unpaired) electrons. The molecule has 0 aliphatic rings. The van der Waals surface area contributed by atoms with Crippen LogP contribution in [0.2, 0.25) is 0 Å². The van der Waals surface area contributed by atoms with Gasteiger partial charge in [0, 0.05) is 0 Å². The summed E-state index contributed by atoms with van der Waals surface area (Å²) in [5.74, 6) is -0.293. The van der Waals surface area contributed by atoms with Gasteiger partial charge in [0.05, 0.1) is 5.56 Å². The predicted molar refractivity (Wildman–Crippen MR) is 79.2 cm³/mol. The fourth-order valence-electron chi connectivity index (χ4n) is 1.95. The lowest BCUT2D eigenvalue weighted by Gasteiger charge is -2.19. The third-order valence-corrected chi connectivity index (χ3v) is 2.77. The van der Waals surface area contributed by atoms with Gasteiger partial charge in [0.2, 0.25) is 0 Å². The van der Waals surface area contributed by atoms with Gasteiger partial charge in [-0.05, 0) is 49.2 Å². The van der Waals surface area contributed by atoms with Crippen LogP contribution in [0.5, 0.6) is 0 Å². The molecule has 0 saturated heterocycles. The molecule has 2 aromatic rings. The Bertz CT molecular complexity index is 633. The first-order chi connectivity index (χ1) is 8.90. The number of rotatable bonds is 2. The molecule has 2 rings (SSSR count). The maximum absolute atomic E-state index is 12.0. The van der Waals surface area contributed by atoms with Gasteiger partial charge < -0.3 is 4.74 Å². The number of esters is 1. The van der Waals surface area contributed by atoms with Crippen molar-refractivity contribution in [3.63, 3.8) is 0 Å². The molecule has 0 unspecified atom stereocenters. The summed E-state index contributed by atoms with van der Waals surface area (Å²) in [4.78, 5) is 12.0. The minimum Gasteiger partial charge on any atom is -0.456 e. The minimum atomic E-state index is -0.477. The van der Waals surface area contributed by atoms with Crippen molar-refractivity contribution in [2.24, 2.45) is 0 Å². The summed E-state index contributed by atoms with van der Waals surface area (Å²) in [5.41, 5.74) is 1.16. The molecule has 0 fully saturated rings. The second kappa shape index (κ2) is 4.88. The molecular formula is C17H18O2. The Hall–Kier alpha value is -2.09. The Morgan fingerprint density at radius 3 is 2.58 bits per heavy atom. The molecule has 0 bridgehead atoms. The minimum absolute atomic E-state index is 0.293. The molecule has 19 heavy (non-hydrogen) atoms. The molecule has 0 saturated carbocycles. The summed E-state index contributed by atoms with van der Waals surface area (Å²) in [6.07, 6.45) is 1.81. The molecule has 0 atom stereocenters. The first kappa shape index (κ1) is 13.3. The Kier molecular flexibility index (Phi) is 3.43. The summed E-state index contributed by atoms with van der Waals surface area (Å²) in [5, 5.41) is 2.10. The number of ether oxygens (including phenoxy) is 1. The van der Waals surface area contributed by atoms with Crippen molar-refractivity contribution in [2.75, 3.05) is 0 Å². The van der Waals surface area contributed by atoms with Crippen LogP contribution in [0.4, 0.5) is 0 Å². The van der Waals surface area contributed by atoms with E-state index in [0.717, 1.165) is 16.3 Å². The van der Waals surface area contributed by atoms with Crippen molar-refractivity contribution in [2.45, 2.75) is 26.4 Å². The highest BCUT2D eigenvalue weighted by Gasteiger charge is 2.18. The first-order valence-electron chi connectivity index (χ1n) is 6.29. The number of fused-ring (bicyclic) bond motifs is 1. The van der Waals surface area contributed by atoms with E-state index >= 15 is 0 Å². The lowest BCUT2D eigenvalue weighted by molar-refractivity contribution is 0.00697. The van der Waals surface area contributed by atoms with Crippen molar-refractivity contribution in [1.29, 1.82) is 0 Å². The average Bonchev–Trinajstić information content (AvgIpc) is 2.35. The summed E-state index contributed by atoms with van der Waals surface area (Å²) in [6, 6.07) is 11.5. The van der Waals surface area contributed by atoms with Gasteiger partial charge in [-0.15, -0.1) is 0 Å². The molecule has 2 nitrogen and oxygen atoms in total. The van der Waals surface area contributed by atoms with Gasteiger partial charge in [-0.3, -0.25) is 0 Å². The average molecular weight is 254 g/mol. The van der Waals surface area contributed by atoms with Gasteiger partial charge in [-0.25, -0.2) is 4.79 Å². The molecule has 2 aromatic carbocycles. The third-order valence-electron chi connectivity index (χ3n) is 2.77. The van der Waals surface area contributed by atoms with Gasteiger partial charge >= 0.3 is 5.97 Å². The van der Waals surface area contributed by atoms with Gasteiger partial charge in [0.25, 0.3) is 0 Å². The van der Waals surface area contributed by atoms with E-state index in [1.165, 1.54) is 0 Å². The Labute approximate surface area is 113 Å². The summed E-state index contributed by atoms with van der Waals surface area (Å²) < 4.78 is 5.37. The zero-order valence-corrected chi connectivity index (χ0v) is 11.6. The molecule has 98 valence electrons. The molecule has 0 aliphatic carbocycles. The van der Waals surface area contributed by atoms with Crippen molar-refractivity contribution in [3.8, 4) is 0 Å². The monoisotopic (exact) mass is 254 g/mol. The second-order valence-corrected chi connectivity index (χ2v) is 5.49. The smallest absolute Gasteiger partial charge is 0.338 e. The van der Waals surface area contributed by atoms with E-state index < -0.39 is 5.60 Å². The van der Waals surface area contributed by atoms with Crippen LogP contribution in [0.15, 0.2) is 43.0 Å². The van der Waals surface area contributed by atoms with Crippen molar-refractivity contribution >= 4 is 22.8 Å². The third kappa shape index (κ3) is 3.02. The van der Waals surface area contributed by atoms with Gasteiger partial charge in [0.15, 0.2) is 0 Å². The number of carbonyl (C=O) groups is 1. The molecule has 0 aliphatic heterocycles. The van der Waals surface area contributed by atoms with E-state index in [1.54, 1.807) is 6.07 Å². The Morgan fingerprint density at radius 1 is 1.21 bits per heavy atom. The zero-order valence-electron chi connectivity index (χ0n) is 11.6. The van der Waals surface area contributed by atoms with Crippen molar-refractivity contribution in [1.82, 2.24) is 0 Å². The Morgan fingerprint density at radius 2 is 1.95 bits per heavy atom. The van der Waals surface area contributed by atoms with Crippen LogP contribution in [-0.2, 0) is 4.74 Å². The normalized spacial score (nSPS) is 11.3. The highest BCUT2D eigenvalue weighted by Crippen LogP contribution is 2.22. The SMILES string of the molecule is C=Cc1cccc2cc(C(=O)OC(C)(C)C)ccc12. The standard InChI is InChI=1S/C17H18O2/c1-5-12-7-6-8-13-11-14(9-10-15(12)13)16(18)19-17(2,3)4/h5-11H,1H2,2-4H3. The van der Waals surface area contributed by atoms with Crippen LogP contribution in [0.3, 0.4) is 0 Å². The number of hydrogen-bond acceptors (Lipinski definition) is 2. The lowest BCUT2D eigenvalue weighted by atomic mass is 10.0. The van der Waals surface area contributed by atoms with Crippen LogP contribution in [-0.4, -0.2) is 11.6 Å². The fourth-order valence-corrected chi connectivity index (χ4v) is 1.95. The topological polar surface area (TPSA) is 26.3 Å². The number of benzene rings is 2. The number of carbonyl (C=O) groups excluding carboxylic acids is 1. The highest BCUT2D eigenvalue weighted by molar-refractivity contribution is 5.98. The summed E-state index contributed by atoms with van der Waals surface area (Å²) in [6.45, 7) is 9.38. The molecule has 0 aromatic heterocycles. The largest absolute Gasteiger partial charge is 0.456 e. The van der Waals surface area contributed by atoms with E-state index in [1.807, 2.05) is 57.2 Å². The molecule has 0 heterocycles. The van der Waals surface area contributed by atoms with Crippen LogP contribution >= 0.6 is 0 Å². The Balaban J connectivity index is 2.42. The fraction of sp³-hybridized carbons (Fsp3) is 0.235. The van der Waals surface area contributed by atoms with Gasteiger partial charge in [-0.2, -0.15) is 0 Å². The maximum Gasteiger partial charge on any atom is 0.338 e. The van der Waals surface area contributed by atoms with E-state index in [2.05, 4.69) is 6.58 Å². The predicted octanol–water partition coefficient (Wildman–Crippen LogP) is 4.44. The summed E-state index contributed by atoms with van der Waals surface area (Å²) in [7, 11) is 0. The maximum atomic E-state index is 12.0. The van der Waals surface area contributed by atoms with E-state index in [-0.39, 0.29) is 5.97 Å². The molecule has 0 amide bonds. The number of hydrogen-bond donors (Lipinski definition) is 0. The molecular weight excluding hydrogens is 236 g/mol. The molecule has 0 spiro atoms. The zero-order chi connectivity index (χ0) is 14.0. The summed E-state index contributed by atoms with van der Waals surface area (Å²) >= 11 is 0. The highest BCUT2D eigenvalue weighted by atomic mass is 16.6. The van der Waals surface area contributed by atoms with E-state index in [4.69, 9.17) is 4.74 Å². The van der Waals surface area contributed by atoms with E-state index in [9.17, 15) is 4.79 Å². The van der Waals surface area contributed by atoms with Gasteiger partial charge in [0.1, 0.15) is 5.60 Å². The van der Waals surface area contributed by atoms with Crippen LogP contribution < -0.4 is 0 Å². The van der Waals surface area contributed by atoms with Crippen LogP contribution in [0.25, 0.3) is 16.8 Å². The van der Waals surface area contributed by atoms with Crippen LogP contribution in [0, 0.1) is 0 Å². The van der Waals surface area contributed by atoms with Crippen molar-refractivity contribution < 1.29 is 9.53 Å². The second-order valence-electron chi connectivity index (χ2n) is 5.49. The quantitative estimate of drug-likeness (QED) is 0.741. The van der Waals surface area contributed by atoms with E-state index in [0.29, 0.717) is 5.56 Å². The van der Waals surface area contributed by atoms with Crippen molar-refractivity contribution in [3.05, 3.63) is 54.1 Å². The molecule has 2 heteroatoms.